The van der Waals surface area contributed by atoms with Crippen molar-refractivity contribution in [2.45, 2.75) is 96.2 Å². The van der Waals surface area contributed by atoms with Gasteiger partial charge in [-0.2, -0.15) is 0 Å². The Bertz CT molecular complexity index is 2050. The Morgan fingerprint density at radius 1 is 0.517 bits per heavy atom. The predicted octanol–water partition coefficient (Wildman–Crippen LogP) is 12.1. The number of anilines is 1. The monoisotopic (exact) mass is 809 g/mol. The van der Waals surface area contributed by atoms with Crippen molar-refractivity contribution < 1.29 is 33.3 Å². The summed E-state index contributed by atoms with van der Waals surface area (Å²) in [5.74, 6) is 1.62. The van der Waals surface area contributed by atoms with Gasteiger partial charge in [-0.3, -0.25) is 4.79 Å². The molecule has 8 nitrogen and oxygen atoms in total. The molecule has 0 N–H and O–H groups in total. The van der Waals surface area contributed by atoms with Crippen molar-refractivity contribution in [1.82, 2.24) is 0 Å². The SMILES string of the molecule is CCCCCCCCN(C(=O)c1ccc(-c2ccc(OCCCCC3CO3)cc2)cc1)c1ccc(OC(=O)c2ccc(-c3ccc(OCCCCC4CO4)cc3)cc2)cc1. The summed E-state index contributed by atoms with van der Waals surface area (Å²) >= 11 is 0. The van der Waals surface area contributed by atoms with Crippen LogP contribution >= 0.6 is 0 Å². The van der Waals surface area contributed by atoms with Crippen molar-refractivity contribution in [1.29, 1.82) is 0 Å². The zero-order chi connectivity index (χ0) is 41.4. The van der Waals surface area contributed by atoms with Gasteiger partial charge in [0.15, 0.2) is 0 Å². The zero-order valence-electron chi connectivity index (χ0n) is 35.0. The van der Waals surface area contributed by atoms with Gasteiger partial charge in [-0.1, -0.05) is 87.6 Å². The van der Waals surface area contributed by atoms with Crippen LogP contribution < -0.4 is 19.1 Å². The molecule has 2 aliphatic rings. The molecule has 2 fully saturated rings. The van der Waals surface area contributed by atoms with Crippen molar-refractivity contribution in [3.05, 3.63) is 132 Å². The van der Waals surface area contributed by atoms with Crippen LogP contribution in [0.4, 0.5) is 5.69 Å². The number of unbranched alkanes of at least 4 members (excludes halogenated alkanes) is 7. The number of hydrogen-bond acceptors (Lipinski definition) is 7. The van der Waals surface area contributed by atoms with E-state index in [1.165, 1.54) is 19.3 Å². The molecule has 2 heterocycles. The first kappa shape index (κ1) is 42.7. The van der Waals surface area contributed by atoms with Gasteiger partial charge in [0.25, 0.3) is 5.91 Å². The minimum absolute atomic E-state index is 0.0610. The third-order valence-corrected chi connectivity index (χ3v) is 11.2. The Hall–Kier alpha value is -5.44. The van der Waals surface area contributed by atoms with Gasteiger partial charge >= 0.3 is 5.97 Å². The molecule has 5 aromatic rings. The average molecular weight is 810 g/mol. The molecule has 2 unspecified atom stereocenters. The number of esters is 1. The number of hydrogen-bond donors (Lipinski definition) is 0. The second kappa shape index (κ2) is 22.2. The molecule has 7 rings (SSSR count). The summed E-state index contributed by atoms with van der Waals surface area (Å²) in [5.41, 5.74) is 5.97. The minimum atomic E-state index is -0.441. The van der Waals surface area contributed by atoms with E-state index in [0.717, 1.165) is 110 Å². The third kappa shape index (κ3) is 13.3. The molecule has 2 atom stereocenters. The molecule has 8 heteroatoms. The second-order valence-corrected chi connectivity index (χ2v) is 15.9. The molecule has 0 spiro atoms. The van der Waals surface area contributed by atoms with Crippen molar-refractivity contribution in [2.75, 3.05) is 37.9 Å². The predicted molar refractivity (Wildman–Crippen MR) is 238 cm³/mol. The van der Waals surface area contributed by atoms with Crippen molar-refractivity contribution in [3.8, 4) is 39.5 Å². The van der Waals surface area contributed by atoms with Gasteiger partial charge in [0.05, 0.1) is 44.2 Å². The maximum Gasteiger partial charge on any atom is 0.343 e. The van der Waals surface area contributed by atoms with Crippen LogP contribution in [0.15, 0.2) is 121 Å². The summed E-state index contributed by atoms with van der Waals surface area (Å²) in [6.07, 6.45) is 14.2. The number of carbonyl (C=O) groups excluding carboxylic acids is 2. The maximum absolute atomic E-state index is 14.1. The highest BCUT2D eigenvalue weighted by molar-refractivity contribution is 6.06. The van der Waals surface area contributed by atoms with E-state index < -0.39 is 5.97 Å². The highest BCUT2D eigenvalue weighted by Gasteiger charge is 2.22. The Morgan fingerprint density at radius 2 is 0.950 bits per heavy atom. The Labute approximate surface area is 355 Å². The lowest BCUT2D eigenvalue weighted by Crippen LogP contribution is -2.32. The van der Waals surface area contributed by atoms with E-state index in [1.807, 2.05) is 89.8 Å². The van der Waals surface area contributed by atoms with Gasteiger partial charge in [-0.25, -0.2) is 4.79 Å². The first-order valence-corrected chi connectivity index (χ1v) is 22.1. The first-order valence-electron chi connectivity index (χ1n) is 22.1. The van der Waals surface area contributed by atoms with Crippen LogP contribution in [0.5, 0.6) is 17.2 Å². The van der Waals surface area contributed by atoms with E-state index in [9.17, 15) is 9.59 Å². The molecule has 2 aliphatic heterocycles. The average Bonchev–Trinajstić information content (AvgIpc) is 4.24. The van der Waals surface area contributed by atoms with E-state index >= 15 is 0 Å². The second-order valence-electron chi connectivity index (χ2n) is 15.9. The summed E-state index contributed by atoms with van der Waals surface area (Å²) in [4.78, 5) is 29.1. The topological polar surface area (TPSA) is 90.1 Å². The number of ether oxygens (including phenoxy) is 5. The highest BCUT2D eigenvalue weighted by atomic mass is 16.6. The van der Waals surface area contributed by atoms with Gasteiger partial charge in [0.2, 0.25) is 0 Å². The summed E-state index contributed by atoms with van der Waals surface area (Å²) in [5, 5.41) is 0. The lowest BCUT2D eigenvalue weighted by Gasteiger charge is -2.23. The molecular formula is C52H59NO7. The minimum Gasteiger partial charge on any atom is -0.494 e. The highest BCUT2D eigenvalue weighted by Crippen LogP contribution is 2.28. The lowest BCUT2D eigenvalue weighted by molar-refractivity contribution is 0.0734. The van der Waals surface area contributed by atoms with Crippen LogP contribution in [0.25, 0.3) is 22.3 Å². The number of rotatable bonds is 25. The lowest BCUT2D eigenvalue weighted by atomic mass is 10.0. The molecule has 2 saturated heterocycles. The van der Waals surface area contributed by atoms with E-state index in [2.05, 4.69) is 19.1 Å². The normalized spacial score (nSPS) is 15.3. The van der Waals surface area contributed by atoms with Crippen molar-refractivity contribution >= 4 is 17.6 Å². The fourth-order valence-electron chi connectivity index (χ4n) is 7.30. The summed E-state index contributed by atoms with van der Waals surface area (Å²) in [7, 11) is 0. The molecule has 0 saturated carbocycles. The van der Waals surface area contributed by atoms with Crippen LogP contribution in [0.2, 0.25) is 0 Å². The van der Waals surface area contributed by atoms with E-state index in [-0.39, 0.29) is 5.91 Å². The first-order chi connectivity index (χ1) is 29.5. The number of amides is 1. The quantitative estimate of drug-likeness (QED) is 0.0251. The molecule has 314 valence electrons. The largest absolute Gasteiger partial charge is 0.494 e. The number of epoxide rings is 2. The Balaban J connectivity index is 0.926. The van der Waals surface area contributed by atoms with Gasteiger partial charge in [-0.15, -0.1) is 0 Å². The molecule has 0 bridgehead atoms. The number of benzene rings is 5. The molecule has 1 amide bonds. The van der Waals surface area contributed by atoms with Crippen LogP contribution in [0.1, 0.15) is 105 Å². The number of carbonyl (C=O) groups is 2. The Morgan fingerprint density at radius 3 is 1.43 bits per heavy atom. The fourth-order valence-corrected chi connectivity index (χ4v) is 7.30. The molecule has 0 aromatic heterocycles. The standard InChI is InChI=1S/C52H59NO7/c1-2-3-4-5-6-9-34-53(51(54)43-18-14-39(15-19-43)41-22-28-46(29-23-41)56-35-10-7-12-49-37-58-49)45-26-32-48(33-27-45)60-52(55)44-20-16-40(17-21-44)42-24-30-47(31-25-42)57-36-11-8-13-50-38-59-50/h14-33,49-50H,2-13,34-38H2,1H3. The van der Waals surface area contributed by atoms with Crippen LogP contribution in [0.3, 0.4) is 0 Å². The van der Waals surface area contributed by atoms with Crippen molar-refractivity contribution in [2.24, 2.45) is 0 Å². The van der Waals surface area contributed by atoms with Crippen LogP contribution in [-0.4, -0.2) is 57.1 Å². The molecule has 0 radical (unpaired) electrons. The molecular weight excluding hydrogens is 751 g/mol. The summed E-state index contributed by atoms with van der Waals surface area (Å²) < 4.78 is 28.2. The van der Waals surface area contributed by atoms with Crippen LogP contribution in [0, 0.1) is 0 Å². The number of nitrogens with zero attached hydrogens (tertiary/aromatic N) is 1. The van der Waals surface area contributed by atoms with Crippen LogP contribution in [-0.2, 0) is 9.47 Å². The Kier molecular flexibility index (Phi) is 15.8. The van der Waals surface area contributed by atoms with E-state index in [1.54, 1.807) is 24.3 Å². The van der Waals surface area contributed by atoms with Gasteiger partial charge in [0.1, 0.15) is 17.2 Å². The van der Waals surface area contributed by atoms with Crippen molar-refractivity contribution in [3.63, 3.8) is 0 Å². The maximum atomic E-state index is 14.1. The summed E-state index contributed by atoms with van der Waals surface area (Å²) in [6.45, 7) is 6.03. The smallest absolute Gasteiger partial charge is 0.343 e. The van der Waals surface area contributed by atoms with E-state index in [0.29, 0.717) is 48.8 Å². The summed E-state index contributed by atoms with van der Waals surface area (Å²) in [6, 6.07) is 38.6. The molecule has 60 heavy (non-hydrogen) atoms. The fraction of sp³-hybridized carbons (Fsp3) is 0.385. The van der Waals surface area contributed by atoms with Gasteiger partial charge in [-0.05, 0) is 140 Å². The molecule has 0 aliphatic carbocycles. The van der Waals surface area contributed by atoms with Gasteiger partial charge in [0, 0.05) is 17.8 Å². The van der Waals surface area contributed by atoms with E-state index in [4.69, 9.17) is 23.7 Å². The van der Waals surface area contributed by atoms with Gasteiger partial charge < -0.3 is 28.6 Å². The zero-order valence-corrected chi connectivity index (χ0v) is 35.0. The molecule has 5 aromatic carbocycles. The third-order valence-electron chi connectivity index (χ3n) is 11.2.